The minimum atomic E-state index is -3.89. The first-order valence-electron chi connectivity index (χ1n) is 14.9. The van der Waals surface area contributed by atoms with Crippen LogP contribution >= 0.6 is 23.2 Å². The summed E-state index contributed by atoms with van der Waals surface area (Å²) in [5.74, 6) is -2.95. The van der Waals surface area contributed by atoms with Crippen molar-refractivity contribution in [1.82, 2.24) is 10.2 Å². The molecule has 0 saturated heterocycles. The molecule has 12 heteroatoms. The molecule has 0 aromatic heterocycles. The molecule has 0 unspecified atom stereocenters. The molecule has 7 nitrogen and oxygen atoms in total. The number of amides is 2. The Bertz CT molecular complexity index is 1590. The van der Waals surface area contributed by atoms with Crippen LogP contribution in [-0.4, -0.2) is 50.0 Å². The Morgan fingerprint density at radius 2 is 1.67 bits per heavy atom. The minimum absolute atomic E-state index is 0.0139. The number of nitrogens with one attached hydrogen (secondary N) is 1. The number of anilines is 1. The average molecular weight is 681 g/mol. The number of halogens is 4. The summed E-state index contributed by atoms with van der Waals surface area (Å²) >= 11 is 12.6. The van der Waals surface area contributed by atoms with Crippen LogP contribution in [0.15, 0.2) is 66.7 Å². The fraction of sp³-hybridized carbons (Fsp3) is 0.394. The van der Waals surface area contributed by atoms with E-state index in [-0.39, 0.29) is 55.9 Å². The summed E-state index contributed by atoms with van der Waals surface area (Å²) in [7, 11) is -3.89. The first-order valence-corrected chi connectivity index (χ1v) is 17.5. The van der Waals surface area contributed by atoms with Crippen molar-refractivity contribution in [3.63, 3.8) is 0 Å². The highest BCUT2D eigenvalue weighted by molar-refractivity contribution is 7.92. The zero-order chi connectivity index (χ0) is 32.6. The molecule has 0 aliphatic heterocycles. The lowest BCUT2D eigenvalue weighted by Crippen LogP contribution is -2.53. The Balaban J connectivity index is 1.61. The van der Waals surface area contributed by atoms with Gasteiger partial charge in [0.25, 0.3) is 0 Å². The first kappa shape index (κ1) is 34.7. The number of benzene rings is 3. The molecule has 0 bridgehead atoms. The quantitative estimate of drug-likeness (QED) is 0.213. The number of sulfonamides is 1. The summed E-state index contributed by atoms with van der Waals surface area (Å²) in [5, 5.41) is 3.94. The summed E-state index contributed by atoms with van der Waals surface area (Å²) in [6.07, 6.45) is 6.03. The predicted octanol–water partition coefficient (Wildman–Crippen LogP) is 6.91. The van der Waals surface area contributed by atoms with Crippen molar-refractivity contribution in [1.29, 1.82) is 0 Å². The summed E-state index contributed by atoms with van der Waals surface area (Å²) in [6, 6.07) is 16.3. The second-order valence-corrected chi connectivity index (χ2v) is 14.1. The molecule has 1 aliphatic rings. The average Bonchev–Trinajstić information content (AvgIpc) is 3.00. The lowest BCUT2D eigenvalue weighted by Gasteiger charge is -2.34. The zero-order valence-corrected chi connectivity index (χ0v) is 27.4. The van der Waals surface area contributed by atoms with Crippen molar-refractivity contribution < 1.29 is 26.8 Å². The molecule has 0 heterocycles. The highest BCUT2D eigenvalue weighted by Crippen LogP contribution is 2.26. The van der Waals surface area contributed by atoms with Gasteiger partial charge in [-0.2, -0.15) is 0 Å². The second kappa shape index (κ2) is 15.9. The Hall–Kier alpha value is -3.21. The van der Waals surface area contributed by atoms with Crippen LogP contribution in [-0.2, 0) is 32.6 Å². The van der Waals surface area contributed by atoms with E-state index in [4.69, 9.17) is 23.2 Å². The molecule has 1 atom stereocenters. The standard InChI is InChI=1S/C33H37Cl2F2N3O4S/c1-45(43,44)40(27-16-17-29(36)30(37)21-27)18-8-13-32(41)39(22-24-14-15-25(34)20-28(24)35)31(19-23-9-4-2-5-10-23)33(42)38-26-11-6-3-7-12-26/h2,4-5,9-10,14-17,20-21,26,31H,3,6-8,11-13,18-19,22H2,1H3,(H,38,42)/t31-/m0/s1. The summed E-state index contributed by atoms with van der Waals surface area (Å²) < 4.78 is 53.6. The number of hydrogen-bond donors (Lipinski definition) is 1. The van der Waals surface area contributed by atoms with E-state index in [1.165, 1.54) is 11.0 Å². The van der Waals surface area contributed by atoms with Crippen LogP contribution in [0.4, 0.5) is 14.5 Å². The number of carbonyl (C=O) groups excluding carboxylic acids is 2. The largest absolute Gasteiger partial charge is 0.352 e. The highest BCUT2D eigenvalue weighted by atomic mass is 35.5. The van der Waals surface area contributed by atoms with Crippen LogP contribution in [0.2, 0.25) is 10.0 Å². The van der Waals surface area contributed by atoms with Gasteiger partial charge in [-0.15, -0.1) is 0 Å². The minimum Gasteiger partial charge on any atom is -0.352 e. The van der Waals surface area contributed by atoms with E-state index in [0.717, 1.165) is 60.4 Å². The van der Waals surface area contributed by atoms with Crippen LogP contribution in [0.1, 0.15) is 56.1 Å². The van der Waals surface area contributed by atoms with E-state index in [2.05, 4.69) is 5.32 Å². The molecule has 0 radical (unpaired) electrons. The molecule has 3 aromatic carbocycles. The maximum atomic E-state index is 14.0. The van der Waals surface area contributed by atoms with Gasteiger partial charge in [-0.25, -0.2) is 17.2 Å². The van der Waals surface area contributed by atoms with Crippen LogP contribution in [0, 0.1) is 11.6 Å². The van der Waals surface area contributed by atoms with E-state index in [1.54, 1.807) is 18.2 Å². The van der Waals surface area contributed by atoms with Crippen molar-refractivity contribution in [2.75, 3.05) is 17.1 Å². The normalized spacial score (nSPS) is 14.5. The van der Waals surface area contributed by atoms with Gasteiger partial charge in [-0.3, -0.25) is 13.9 Å². The van der Waals surface area contributed by atoms with Crippen LogP contribution in [0.5, 0.6) is 0 Å². The van der Waals surface area contributed by atoms with E-state index in [9.17, 15) is 26.8 Å². The molecule has 1 saturated carbocycles. The molecule has 2 amide bonds. The van der Waals surface area contributed by atoms with Gasteiger partial charge in [-0.05, 0) is 54.7 Å². The molecule has 1 fully saturated rings. The van der Waals surface area contributed by atoms with Crippen molar-refractivity contribution >= 4 is 50.7 Å². The third kappa shape index (κ3) is 9.89. The van der Waals surface area contributed by atoms with Crippen molar-refractivity contribution in [3.8, 4) is 0 Å². The molecule has 242 valence electrons. The van der Waals surface area contributed by atoms with E-state index >= 15 is 0 Å². The molecule has 1 aliphatic carbocycles. The topological polar surface area (TPSA) is 86.8 Å². The Morgan fingerprint density at radius 1 is 0.956 bits per heavy atom. The van der Waals surface area contributed by atoms with Crippen LogP contribution in [0.3, 0.4) is 0 Å². The third-order valence-corrected chi connectivity index (χ3v) is 9.70. The fourth-order valence-electron chi connectivity index (χ4n) is 5.58. The molecule has 1 N–H and O–H groups in total. The molecular weight excluding hydrogens is 643 g/mol. The summed E-state index contributed by atoms with van der Waals surface area (Å²) in [6.45, 7) is -0.147. The maximum absolute atomic E-state index is 14.0. The van der Waals surface area contributed by atoms with Crippen LogP contribution in [0.25, 0.3) is 0 Å². The van der Waals surface area contributed by atoms with Crippen molar-refractivity contribution in [3.05, 3.63) is 99.5 Å². The summed E-state index contributed by atoms with van der Waals surface area (Å²) in [5.41, 5.74) is 1.41. The molecule has 3 aromatic rings. The Kier molecular flexibility index (Phi) is 12.2. The molecular formula is C33H37Cl2F2N3O4S. The molecule has 45 heavy (non-hydrogen) atoms. The van der Waals surface area contributed by atoms with Gasteiger partial charge in [0, 0.05) is 48.1 Å². The second-order valence-electron chi connectivity index (χ2n) is 11.3. The van der Waals surface area contributed by atoms with E-state index < -0.39 is 27.7 Å². The van der Waals surface area contributed by atoms with Gasteiger partial charge in [0.15, 0.2) is 11.6 Å². The van der Waals surface area contributed by atoms with Gasteiger partial charge in [0.2, 0.25) is 21.8 Å². The summed E-state index contributed by atoms with van der Waals surface area (Å²) in [4.78, 5) is 29.4. The van der Waals surface area contributed by atoms with Gasteiger partial charge in [0.05, 0.1) is 11.9 Å². The van der Waals surface area contributed by atoms with Crippen molar-refractivity contribution in [2.24, 2.45) is 0 Å². The highest BCUT2D eigenvalue weighted by Gasteiger charge is 2.32. The number of rotatable bonds is 13. The van der Waals surface area contributed by atoms with Gasteiger partial charge in [0.1, 0.15) is 6.04 Å². The number of carbonyl (C=O) groups is 2. The van der Waals surface area contributed by atoms with Gasteiger partial charge in [-0.1, -0.05) is 78.9 Å². The van der Waals surface area contributed by atoms with Gasteiger partial charge < -0.3 is 10.2 Å². The lowest BCUT2D eigenvalue weighted by atomic mass is 9.94. The van der Waals surface area contributed by atoms with E-state index in [1.807, 2.05) is 30.3 Å². The smallest absolute Gasteiger partial charge is 0.243 e. The lowest BCUT2D eigenvalue weighted by molar-refractivity contribution is -0.141. The zero-order valence-electron chi connectivity index (χ0n) is 25.0. The SMILES string of the molecule is CS(=O)(=O)N(CCCC(=O)N(Cc1ccc(Cl)cc1Cl)[C@@H](Cc1ccccc1)C(=O)NC1CCCCC1)c1ccc(F)c(F)c1. The van der Waals surface area contributed by atoms with E-state index in [0.29, 0.717) is 15.6 Å². The predicted molar refractivity (Wildman–Crippen MR) is 174 cm³/mol. The fourth-order valence-corrected chi connectivity index (χ4v) is 7.00. The monoisotopic (exact) mass is 679 g/mol. The number of hydrogen-bond acceptors (Lipinski definition) is 4. The Labute approximate surface area is 273 Å². The Morgan fingerprint density at radius 3 is 2.31 bits per heavy atom. The van der Waals surface area contributed by atoms with Gasteiger partial charge >= 0.3 is 0 Å². The third-order valence-electron chi connectivity index (χ3n) is 7.92. The first-order chi connectivity index (χ1) is 21.4. The van der Waals surface area contributed by atoms with Crippen LogP contribution < -0.4 is 9.62 Å². The maximum Gasteiger partial charge on any atom is 0.243 e. The number of nitrogens with zero attached hydrogens (tertiary/aromatic N) is 2. The molecule has 0 spiro atoms. The van der Waals surface area contributed by atoms with Crippen molar-refractivity contribution in [2.45, 2.75) is 70.0 Å². The molecule has 4 rings (SSSR count).